The van der Waals surface area contributed by atoms with Crippen LogP contribution in [0.4, 0.5) is 6.01 Å². The zero-order valence-electron chi connectivity index (χ0n) is 9.58. The number of halogens is 1. The molecule has 0 unspecified atom stereocenters. The third-order valence-corrected chi connectivity index (χ3v) is 3.99. The average Bonchev–Trinajstić information content (AvgIpc) is 2.95. The van der Waals surface area contributed by atoms with E-state index in [1.807, 2.05) is 24.3 Å². The van der Waals surface area contributed by atoms with Crippen molar-refractivity contribution in [3.63, 3.8) is 0 Å². The summed E-state index contributed by atoms with van der Waals surface area (Å²) in [6.07, 6.45) is 4.63. The van der Waals surface area contributed by atoms with Crippen LogP contribution < -0.4 is 5.32 Å². The Morgan fingerprint density at radius 3 is 2.76 bits per heavy atom. The summed E-state index contributed by atoms with van der Waals surface area (Å²) < 4.78 is 5.68. The minimum absolute atomic E-state index is 0.0254. The highest BCUT2D eigenvalue weighted by Crippen LogP contribution is 2.34. The smallest absolute Gasteiger partial charge is 0.296 e. The first-order valence-electron chi connectivity index (χ1n) is 6.01. The molecule has 90 valence electrons. The number of oxazole rings is 1. The van der Waals surface area contributed by atoms with Gasteiger partial charge < -0.3 is 9.73 Å². The largest absolute Gasteiger partial charge is 0.424 e. The SMILES string of the molecule is ClCC1(Nc2nc3ccccc3o2)CCCC1. The highest BCUT2D eigenvalue weighted by atomic mass is 35.5. The van der Waals surface area contributed by atoms with Gasteiger partial charge in [0.05, 0.1) is 5.54 Å². The summed E-state index contributed by atoms with van der Waals surface area (Å²) in [6, 6.07) is 8.38. The first-order valence-corrected chi connectivity index (χ1v) is 6.55. The van der Waals surface area contributed by atoms with Crippen LogP contribution in [0.3, 0.4) is 0 Å². The number of nitrogens with one attached hydrogen (secondary N) is 1. The van der Waals surface area contributed by atoms with E-state index in [9.17, 15) is 0 Å². The number of benzene rings is 1. The van der Waals surface area contributed by atoms with Crippen molar-refractivity contribution in [1.29, 1.82) is 0 Å². The van der Waals surface area contributed by atoms with Gasteiger partial charge in [-0.05, 0) is 25.0 Å². The number of hydrogen-bond acceptors (Lipinski definition) is 3. The predicted molar refractivity (Wildman–Crippen MR) is 69.6 cm³/mol. The van der Waals surface area contributed by atoms with Gasteiger partial charge in [0.25, 0.3) is 6.01 Å². The van der Waals surface area contributed by atoms with E-state index in [4.69, 9.17) is 16.0 Å². The molecule has 0 radical (unpaired) electrons. The van der Waals surface area contributed by atoms with Gasteiger partial charge in [-0.1, -0.05) is 25.0 Å². The number of alkyl halides is 1. The lowest BCUT2D eigenvalue weighted by atomic mass is 10.0. The standard InChI is InChI=1S/C13H15ClN2O/c14-9-13(7-3-4-8-13)16-12-15-10-5-1-2-6-11(10)17-12/h1-2,5-6H,3-4,7-9H2,(H,15,16). The van der Waals surface area contributed by atoms with E-state index in [0.29, 0.717) is 11.9 Å². The maximum absolute atomic E-state index is 6.08. The number of fused-ring (bicyclic) bond motifs is 1. The van der Waals surface area contributed by atoms with E-state index in [-0.39, 0.29) is 5.54 Å². The molecule has 0 bridgehead atoms. The van der Waals surface area contributed by atoms with E-state index in [1.165, 1.54) is 12.8 Å². The van der Waals surface area contributed by atoms with Crippen LogP contribution >= 0.6 is 11.6 Å². The second-order valence-electron chi connectivity index (χ2n) is 4.73. The minimum atomic E-state index is -0.0254. The predicted octanol–water partition coefficient (Wildman–Crippen LogP) is 3.79. The normalized spacial score (nSPS) is 18.6. The van der Waals surface area contributed by atoms with Crippen molar-refractivity contribution in [2.75, 3.05) is 11.2 Å². The van der Waals surface area contributed by atoms with Gasteiger partial charge in [-0.25, -0.2) is 0 Å². The lowest BCUT2D eigenvalue weighted by molar-refractivity contribution is 0.502. The summed E-state index contributed by atoms with van der Waals surface area (Å²) >= 11 is 6.08. The molecule has 1 aliphatic rings. The van der Waals surface area contributed by atoms with Crippen LogP contribution in [0.5, 0.6) is 0 Å². The number of aromatic nitrogens is 1. The molecule has 0 amide bonds. The summed E-state index contributed by atoms with van der Waals surface area (Å²) in [5.41, 5.74) is 1.68. The molecule has 0 aliphatic heterocycles. The molecular formula is C13H15ClN2O. The van der Waals surface area contributed by atoms with Crippen molar-refractivity contribution in [2.45, 2.75) is 31.2 Å². The fourth-order valence-corrected chi connectivity index (χ4v) is 2.83. The Kier molecular flexibility index (Phi) is 2.71. The summed E-state index contributed by atoms with van der Waals surface area (Å²) in [7, 11) is 0. The maximum Gasteiger partial charge on any atom is 0.296 e. The van der Waals surface area contributed by atoms with Gasteiger partial charge in [-0.3, -0.25) is 0 Å². The molecule has 1 N–H and O–H groups in total. The third kappa shape index (κ3) is 2.00. The van der Waals surface area contributed by atoms with E-state index in [0.717, 1.165) is 23.9 Å². The van der Waals surface area contributed by atoms with Gasteiger partial charge in [-0.15, -0.1) is 11.6 Å². The molecule has 4 heteroatoms. The molecule has 1 aromatic carbocycles. The average molecular weight is 251 g/mol. The van der Waals surface area contributed by atoms with Gasteiger partial charge in [-0.2, -0.15) is 4.98 Å². The lowest BCUT2D eigenvalue weighted by Gasteiger charge is -2.26. The number of nitrogens with zero attached hydrogens (tertiary/aromatic N) is 1. The molecule has 2 aromatic rings. The van der Waals surface area contributed by atoms with Gasteiger partial charge in [0.1, 0.15) is 5.52 Å². The molecule has 1 fully saturated rings. The molecule has 0 spiro atoms. The molecule has 1 heterocycles. The second kappa shape index (κ2) is 4.22. The van der Waals surface area contributed by atoms with Crippen molar-refractivity contribution in [2.24, 2.45) is 0 Å². The Balaban J connectivity index is 1.89. The number of hydrogen-bond donors (Lipinski definition) is 1. The molecule has 1 saturated carbocycles. The Labute approximate surface area is 105 Å². The van der Waals surface area contributed by atoms with E-state index in [1.54, 1.807) is 0 Å². The molecular weight excluding hydrogens is 236 g/mol. The second-order valence-corrected chi connectivity index (χ2v) is 5.00. The summed E-state index contributed by atoms with van der Waals surface area (Å²) in [5, 5.41) is 3.38. The Bertz CT molecular complexity index is 484. The monoisotopic (exact) mass is 250 g/mol. The number of anilines is 1. The van der Waals surface area contributed by atoms with E-state index in [2.05, 4.69) is 10.3 Å². The number of para-hydroxylation sites is 2. The van der Waals surface area contributed by atoms with Gasteiger partial charge in [0.15, 0.2) is 5.58 Å². The topological polar surface area (TPSA) is 38.1 Å². The van der Waals surface area contributed by atoms with Gasteiger partial charge in [0.2, 0.25) is 0 Å². The quantitative estimate of drug-likeness (QED) is 0.843. The van der Waals surface area contributed by atoms with Crippen LogP contribution in [0.1, 0.15) is 25.7 Å². The maximum atomic E-state index is 6.08. The minimum Gasteiger partial charge on any atom is -0.424 e. The van der Waals surface area contributed by atoms with Gasteiger partial charge in [0, 0.05) is 5.88 Å². The molecule has 1 aliphatic carbocycles. The van der Waals surface area contributed by atoms with Crippen molar-refractivity contribution < 1.29 is 4.42 Å². The first-order chi connectivity index (χ1) is 8.31. The van der Waals surface area contributed by atoms with Crippen molar-refractivity contribution in [3.8, 4) is 0 Å². The highest BCUT2D eigenvalue weighted by Gasteiger charge is 2.34. The highest BCUT2D eigenvalue weighted by molar-refractivity contribution is 6.18. The van der Waals surface area contributed by atoms with E-state index >= 15 is 0 Å². The molecule has 0 saturated heterocycles. The number of rotatable bonds is 3. The van der Waals surface area contributed by atoms with Crippen LogP contribution in [-0.4, -0.2) is 16.4 Å². The summed E-state index contributed by atoms with van der Waals surface area (Å²) in [4.78, 5) is 4.43. The summed E-state index contributed by atoms with van der Waals surface area (Å²) in [6.45, 7) is 0. The Hall–Kier alpha value is -1.22. The fraction of sp³-hybridized carbons (Fsp3) is 0.462. The Morgan fingerprint density at radius 1 is 1.29 bits per heavy atom. The molecule has 3 rings (SSSR count). The summed E-state index contributed by atoms with van der Waals surface area (Å²) in [5.74, 6) is 0.603. The van der Waals surface area contributed by atoms with E-state index < -0.39 is 0 Å². The van der Waals surface area contributed by atoms with Crippen LogP contribution in [0.2, 0.25) is 0 Å². The lowest BCUT2D eigenvalue weighted by Crippen LogP contribution is -2.37. The third-order valence-electron chi connectivity index (χ3n) is 3.48. The van der Waals surface area contributed by atoms with Crippen LogP contribution in [0, 0.1) is 0 Å². The zero-order chi connectivity index (χ0) is 11.7. The van der Waals surface area contributed by atoms with Crippen LogP contribution in [0.25, 0.3) is 11.1 Å². The van der Waals surface area contributed by atoms with Crippen LogP contribution in [0.15, 0.2) is 28.7 Å². The zero-order valence-corrected chi connectivity index (χ0v) is 10.3. The molecule has 3 nitrogen and oxygen atoms in total. The molecule has 0 atom stereocenters. The van der Waals surface area contributed by atoms with Crippen molar-refractivity contribution in [1.82, 2.24) is 4.98 Å². The van der Waals surface area contributed by atoms with Gasteiger partial charge >= 0.3 is 0 Å². The fourth-order valence-electron chi connectivity index (χ4n) is 2.50. The first kappa shape index (κ1) is 10.9. The Morgan fingerprint density at radius 2 is 2.06 bits per heavy atom. The molecule has 1 aromatic heterocycles. The van der Waals surface area contributed by atoms with Crippen LogP contribution in [-0.2, 0) is 0 Å². The molecule has 17 heavy (non-hydrogen) atoms. The van der Waals surface area contributed by atoms with Crippen molar-refractivity contribution >= 4 is 28.7 Å². The van der Waals surface area contributed by atoms with Crippen molar-refractivity contribution in [3.05, 3.63) is 24.3 Å².